The summed E-state index contributed by atoms with van der Waals surface area (Å²) in [6, 6.07) is 6.17. The highest BCUT2D eigenvalue weighted by molar-refractivity contribution is 9.10. The Labute approximate surface area is 164 Å². The van der Waals surface area contributed by atoms with Crippen LogP contribution in [0.4, 0.5) is 11.5 Å². The minimum atomic E-state index is 0.777. The Kier molecular flexibility index (Phi) is 4.99. The second-order valence-electron chi connectivity index (χ2n) is 6.25. The molecule has 0 aliphatic carbocycles. The van der Waals surface area contributed by atoms with Gasteiger partial charge in [-0.3, -0.25) is 4.90 Å². The van der Waals surface area contributed by atoms with E-state index in [2.05, 4.69) is 59.6 Å². The van der Waals surface area contributed by atoms with Crippen LogP contribution in [0.3, 0.4) is 0 Å². The molecule has 0 N–H and O–H groups in total. The predicted octanol–water partition coefficient (Wildman–Crippen LogP) is 4.49. The standard InChI is InChI=1S/C18H19Br2N3O2/c1-12-8-15-16(10-14(12)20)25-17-9-13(19)11-21-18(17)23(15)3-2-22-4-6-24-7-5-22/h8-11H,2-7H2,1H3. The van der Waals surface area contributed by atoms with E-state index in [0.29, 0.717) is 0 Å². The zero-order chi connectivity index (χ0) is 17.4. The van der Waals surface area contributed by atoms with E-state index in [-0.39, 0.29) is 0 Å². The molecule has 0 unspecified atom stereocenters. The van der Waals surface area contributed by atoms with Gasteiger partial charge in [0.25, 0.3) is 0 Å². The van der Waals surface area contributed by atoms with Gasteiger partial charge in [0.15, 0.2) is 17.3 Å². The Morgan fingerprint density at radius 1 is 1.08 bits per heavy atom. The molecular formula is C18H19Br2N3O2. The molecule has 1 saturated heterocycles. The number of ether oxygens (including phenoxy) is 2. The van der Waals surface area contributed by atoms with E-state index in [1.165, 1.54) is 5.56 Å². The fourth-order valence-electron chi connectivity index (χ4n) is 3.16. The number of morpholine rings is 1. The molecule has 2 aromatic rings. The monoisotopic (exact) mass is 467 g/mol. The van der Waals surface area contributed by atoms with E-state index in [0.717, 1.165) is 71.3 Å². The van der Waals surface area contributed by atoms with Crippen LogP contribution in [0, 0.1) is 6.92 Å². The lowest BCUT2D eigenvalue weighted by Gasteiger charge is -2.34. The maximum atomic E-state index is 6.12. The van der Waals surface area contributed by atoms with Crippen LogP contribution >= 0.6 is 31.9 Å². The van der Waals surface area contributed by atoms with Crippen LogP contribution < -0.4 is 9.64 Å². The van der Waals surface area contributed by atoms with Gasteiger partial charge in [0.1, 0.15) is 0 Å². The molecule has 0 amide bonds. The number of nitrogens with zero attached hydrogens (tertiary/aromatic N) is 3. The van der Waals surface area contributed by atoms with Gasteiger partial charge in [-0.1, -0.05) is 15.9 Å². The molecule has 2 aliphatic rings. The average Bonchev–Trinajstić information content (AvgIpc) is 2.61. The zero-order valence-electron chi connectivity index (χ0n) is 14.0. The number of rotatable bonds is 3. The third-order valence-electron chi connectivity index (χ3n) is 4.55. The molecule has 1 aromatic heterocycles. The van der Waals surface area contributed by atoms with Gasteiger partial charge in [-0.15, -0.1) is 0 Å². The molecule has 132 valence electrons. The Morgan fingerprint density at radius 2 is 1.88 bits per heavy atom. The normalized spacial score (nSPS) is 17.0. The molecule has 0 atom stereocenters. The van der Waals surface area contributed by atoms with Crippen molar-refractivity contribution < 1.29 is 9.47 Å². The minimum absolute atomic E-state index is 0.777. The highest BCUT2D eigenvalue weighted by atomic mass is 79.9. The summed E-state index contributed by atoms with van der Waals surface area (Å²) < 4.78 is 13.5. The quantitative estimate of drug-likeness (QED) is 0.663. The lowest BCUT2D eigenvalue weighted by molar-refractivity contribution is 0.0393. The molecule has 1 fully saturated rings. The summed E-state index contributed by atoms with van der Waals surface area (Å²) in [5, 5.41) is 0. The van der Waals surface area contributed by atoms with E-state index >= 15 is 0 Å². The first-order valence-corrected chi connectivity index (χ1v) is 9.91. The van der Waals surface area contributed by atoms with Crippen LogP contribution in [0.25, 0.3) is 0 Å². The van der Waals surface area contributed by atoms with Gasteiger partial charge in [0.05, 0.1) is 18.9 Å². The van der Waals surface area contributed by atoms with Crippen LogP contribution in [0.15, 0.2) is 33.3 Å². The summed E-state index contributed by atoms with van der Waals surface area (Å²) in [4.78, 5) is 9.31. The van der Waals surface area contributed by atoms with E-state index in [9.17, 15) is 0 Å². The van der Waals surface area contributed by atoms with Crippen LogP contribution in [0.1, 0.15) is 5.56 Å². The van der Waals surface area contributed by atoms with Gasteiger partial charge in [-0.2, -0.15) is 0 Å². The molecule has 0 spiro atoms. The second-order valence-corrected chi connectivity index (χ2v) is 8.02. The zero-order valence-corrected chi connectivity index (χ0v) is 17.1. The Hall–Kier alpha value is -1.15. The highest BCUT2D eigenvalue weighted by Gasteiger charge is 2.27. The van der Waals surface area contributed by atoms with Crippen molar-refractivity contribution in [2.24, 2.45) is 0 Å². The van der Waals surface area contributed by atoms with Gasteiger partial charge >= 0.3 is 0 Å². The molecule has 4 rings (SSSR count). The van der Waals surface area contributed by atoms with Gasteiger partial charge < -0.3 is 14.4 Å². The number of hydrogen-bond donors (Lipinski definition) is 0. The van der Waals surface area contributed by atoms with Gasteiger partial charge in [0, 0.05) is 47.4 Å². The summed E-state index contributed by atoms with van der Waals surface area (Å²) in [6.07, 6.45) is 1.82. The SMILES string of the molecule is Cc1cc2c(cc1Br)Oc1cc(Br)cnc1N2CCN1CCOCC1. The van der Waals surface area contributed by atoms with E-state index < -0.39 is 0 Å². The van der Waals surface area contributed by atoms with Gasteiger partial charge in [0.2, 0.25) is 0 Å². The fraction of sp³-hybridized carbons (Fsp3) is 0.389. The topological polar surface area (TPSA) is 37.8 Å². The van der Waals surface area contributed by atoms with Crippen LogP contribution in [-0.4, -0.2) is 49.3 Å². The number of hydrogen-bond acceptors (Lipinski definition) is 5. The van der Waals surface area contributed by atoms with Crippen molar-refractivity contribution in [2.75, 3.05) is 44.3 Å². The maximum absolute atomic E-state index is 6.12. The van der Waals surface area contributed by atoms with Crippen molar-refractivity contribution >= 4 is 43.4 Å². The maximum Gasteiger partial charge on any atom is 0.176 e. The molecule has 0 radical (unpaired) electrons. The first-order chi connectivity index (χ1) is 12.1. The molecule has 0 bridgehead atoms. The Bertz CT molecular complexity index is 794. The lowest BCUT2D eigenvalue weighted by Crippen LogP contribution is -2.41. The molecule has 3 heterocycles. The van der Waals surface area contributed by atoms with Crippen molar-refractivity contribution in [3.63, 3.8) is 0 Å². The number of anilines is 2. The van der Waals surface area contributed by atoms with Crippen molar-refractivity contribution in [1.82, 2.24) is 9.88 Å². The summed E-state index contributed by atoms with van der Waals surface area (Å²) in [5.74, 6) is 2.50. The minimum Gasteiger partial charge on any atom is -0.451 e. The lowest BCUT2D eigenvalue weighted by atomic mass is 10.1. The van der Waals surface area contributed by atoms with E-state index in [1.807, 2.05) is 18.3 Å². The average molecular weight is 469 g/mol. The highest BCUT2D eigenvalue weighted by Crippen LogP contribution is 2.47. The van der Waals surface area contributed by atoms with Crippen molar-refractivity contribution in [1.29, 1.82) is 0 Å². The van der Waals surface area contributed by atoms with E-state index in [1.54, 1.807) is 0 Å². The van der Waals surface area contributed by atoms with Crippen LogP contribution in [0.2, 0.25) is 0 Å². The molecule has 25 heavy (non-hydrogen) atoms. The third kappa shape index (κ3) is 3.56. The van der Waals surface area contributed by atoms with Crippen molar-refractivity contribution in [3.05, 3.63) is 38.9 Å². The number of benzene rings is 1. The van der Waals surface area contributed by atoms with Gasteiger partial charge in [-0.05, 0) is 40.5 Å². The summed E-state index contributed by atoms with van der Waals surface area (Å²) in [7, 11) is 0. The van der Waals surface area contributed by atoms with Crippen LogP contribution in [-0.2, 0) is 4.74 Å². The second kappa shape index (κ2) is 7.23. The molecule has 0 saturated carbocycles. The van der Waals surface area contributed by atoms with Crippen molar-refractivity contribution in [2.45, 2.75) is 6.92 Å². The number of fused-ring (bicyclic) bond motifs is 2. The van der Waals surface area contributed by atoms with E-state index in [4.69, 9.17) is 9.47 Å². The fourth-order valence-corrected chi connectivity index (χ4v) is 3.79. The van der Waals surface area contributed by atoms with Crippen molar-refractivity contribution in [3.8, 4) is 11.5 Å². The molecule has 5 nitrogen and oxygen atoms in total. The molecule has 2 aliphatic heterocycles. The third-order valence-corrected chi connectivity index (χ3v) is 5.84. The molecule has 1 aromatic carbocycles. The Balaban J connectivity index is 1.67. The van der Waals surface area contributed by atoms with Crippen LogP contribution in [0.5, 0.6) is 11.5 Å². The largest absolute Gasteiger partial charge is 0.451 e. The summed E-state index contributed by atoms with van der Waals surface area (Å²) >= 11 is 7.09. The molecular weight excluding hydrogens is 450 g/mol. The smallest absolute Gasteiger partial charge is 0.176 e. The summed E-state index contributed by atoms with van der Waals surface area (Å²) in [5.41, 5.74) is 2.25. The predicted molar refractivity (Wildman–Crippen MR) is 105 cm³/mol. The number of aromatic nitrogens is 1. The Morgan fingerprint density at radius 3 is 2.68 bits per heavy atom. The number of halogens is 2. The molecule has 7 heteroatoms. The number of pyridine rings is 1. The first kappa shape index (κ1) is 17.3. The number of aryl methyl sites for hydroxylation is 1. The van der Waals surface area contributed by atoms with Gasteiger partial charge in [-0.25, -0.2) is 4.98 Å². The summed E-state index contributed by atoms with van der Waals surface area (Å²) in [6.45, 7) is 7.51. The first-order valence-electron chi connectivity index (χ1n) is 8.33.